The molecular weight excluding hydrogens is 244 g/mol. The monoisotopic (exact) mass is 250 g/mol. The SMILES string of the molecule is CS(=O)(=O)Nc1cc(Br)ccn1. The Labute approximate surface area is 79.2 Å². The Morgan fingerprint density at radius 2 is 2.25 bits per heavy atom. The molecule has 12 heavy (non-hydrogen) atoms. The molecule has 4 nitrogen and oxygen atoms in total. The summed E-state index contributed by atoms with van der Waals surface area (Å²) in [4.78, 5) is 3.80. The van der Waals surface area contributed by atoms with Gasteiger partial charge in [0.2, 0.25) is 10.0 Å². The predicted octanol–water partition coefficient (Wildman–Crippen LogP) is 1.22. The third kappa shape index (κ3) is 3.19. The lowest BCUT2D eigenvalue weighted by atomic mass is 10.5. The highest BCUT2D eigenvalue weighted by Gasteiger charge is 2.01. The summed E-state index contributed by atoms with van der Waals surface area (Å²) in [5.41, 5.74) is 0. The van der Waals surface area contributed by atoms with Crippen molar-refractivity contribution >= 4 is 31.8 Å². The summed E-state index contributed by atoms with van der Waals surface area (Å²) < 4.78 is 24.5. The van der Waals surface area contributed by atoms with Crippen molar-refractivity contribution in [1.29, 1.82) is 0 Å². The molecule has 0 bridgehead atoms. The van der Waals surface area contributed by atoms with Gasteiger partial charge in [-0.05, 0) is 12.1 Å². The number of nitrogens with zero attached hydrogens (tertiary/aromatic N) is 1. The number of pyridine rings is 1. The van der Waals surface area contributed by atoms with E-state index in [-0.39, 0.29) is 0 Å². The van der Waals surface area contributed by atoms with Crippen LogP contribution in [0.4, 0.5) is 5.82 Å². The molecule has 66 valence electrons. The van der Waals surface area contributed by atoms with Gasteiger partial charge in [-0.25, -0.2) is 13.4 Å². The molecule has 1 N–H and O–H groups in total. The van der Waals surface area contributed by atoms with E-state index in [0.717, 1.165) is 10.7 Å². The van der Waals surface area contributed by atoms with Gasteiger partial charge in [0.05, 0.1) is 6.26 Å². The van der Waals surface area contributed by atoms with Crippen molar-refractivity contribution in [1.82, 2.24) is 4.98 Å². The van der Waals surface area contributed by atoms with Crippen LogP contribution in [0, 0.1) is 0 Å². The molecule has 0 atom stereocenters. The number of anilines is 1. The van der Waals surface area contributed by atoms with Gasteiger partial charge in [-0.15, -0.1) is 0 Å². The first-order valence-electron chi connectivity index (χ1n) is 3.07. The summed E-state index contributed by atoms with van der Waals surface area (Å²) in [5, 5.41) is 0. The molecular formula is C6H7BrN2O2S. The van der Waals surface area contributed by atoms with E-state index in [9.17, 15) is 8.42 Å². The number of sulfonamides is 1. The fraction of sp³-hybridized carbons (Fsp3) is 0.167. The van der Waals surface area contributed by atoms with E-state index >= 15 is 0 Å². The van der Waals surface area contributed by atoms with Crippen LogP contribution in [-0.2, 0) is 10.0 Å². The number of nitrogens with one attached hydrogen (secondary N) is 1. The second-order valence-electron chi connectivity index (χ2n) is 2.23. The first-order valence-corrected chi connectivity index (χ1v) is 5.75. The molecule has 0 unspecified atom stereocenters. The van der Waals surface area contributed by atoms with Gasteiger partial charge in [0.1, 0.15) is 5.82 Å². The van der Waals surface area contributed by atoms with Gasteiger partial charge >= 0.3 is 0 Å². The quantitative estimate of drug-likeness (QED) is 0.859. The molecule has 0 aromatic carbocycles. The molecule has 0 aliphatic heterocycles. The second-order valence-corrected chi connectivity index (χ2v) is 4.90. The largest absolute Gasteiger partial charge is 0.268 e. The van der Waals surface area contributed by atoms with E-state index in [1.54, 1.807) is 12.1 Å². The third-order valence-electron chi connectivity index (χ3n) is 1.01. The van der Waals surface area contributed by atoms with E-state index in [2.05, 4.69) is 25.6 Å². The molecule has 0 saturated carbocycles. The minimum Gasteiger partial charge on any atom is -0.268 e. The summed E-state index contributed by atoms with van der Waals surface area (Å²) >= 11 is 3.19. The fourth-order valence-corrected chi connectivity index (χ4v) is 1.48. The summed E-state index contributed by atoms with van der Waals surface area (Å²) in [5.74, 6) is 0.312. The molecule has 6 heteroatoms. The fourth-order valence-electron chi connectivity index (χ4n) is 0.651. The normalized spacial score (nSPS) is 11.2. The van der Waals surface area contributed by atoms with Gasteiger partial charge in [-0.2, -0.15) is 0 Å². The summed E-state index contributed by atoms with van der Waals surface area (Å²) in [6.07, 6.45) is 2.59. The van der Waals surface area contributed by atoms with E-state index in [4.69, 9.17) is 0 Å². The van der Waals surface area contributed by atoms with E-state index in [1.165, 1.54) is 6.20 Å². The van der Waals surface area contributed by atoms with Crippen LogP contribution in [0.5, 0.6) is 0 Å². The van der Waals surface area contributed by atoms with Crippen molar-refractivity contribution in [3.05, 3.63) is 22.8 Å². The number of hydrogen-bond acceptors (Lipinski definition) is 3. The van der Waals surface area contributed by atoms with Gasteiger partial charge in [-0.1, -0.05) is 15.9 Å². The van der Waals surface area contributed by atoms with Gasteiger partial charge in [0.15, 0.2) is 0 Å². The average Bonchev–Trinajstić information content (AvgIpc) is 1.82. The Balaban J connectivity index is 2.91. The first kappa shape index (κ1) is 9.47. The van der Waals surface area contributed by atoms with E-state index in [1.807, 2.05) is 0 Å². The Morgan fingerprint density at radius 1 is 1.58 bits per heavy atom. The summed E-state index contributed by atoms with van der Waals surface area (Å²) in [6.45, 7) is 0. The lowest BCUT2D eigenvalue weighted by Crippen LogP contribution is -2.10. The lowest BCUT2D eigenvalue weighted by Gasteiger charge is -2.01. The highest BCUT2D eigenvalue weighted by Crippen LogP contribution is 2.13. The molecule has 0 amide bonds. The van der Waals surface area contributed by atoms with Crippen LogP contribution >= 0.6 is 15.9 Å². The smallest absolute Gasteiger partial charge is 0.230 e. The van der Waals surface area contributed by atoms with Gasteiger partial charge in [0.25, 0.3) is 0 Å². The summed E-state index contributed by atoms with van der Waals surface area (Å²) in [7, 11) is -3.23. The zero-order valence-electron chi connectivity index (χ0n) is 6.28. The molecule has 0 saturated heterocycles. The van der Waals surface area contributed by atoms with Gasteiger partial charge in [0, 0.05) is 10.7 Å². The maximum absolute atomic E-state index is 10.7. The molecule has 1 aromatic heterocycles. The van der Waals surface area contributed by atoms with Crippen LogP contribution in [0.2, 0.25) is 0 Å². The lowest BCUT2D eigenvalue weighted by molar-refractivity contribution is 0.606. The Morgan fingerprint density at radius 3 is 2.75 bits per heavy atom. The van der Waals surface area contributed by atoms with Crippen LogP contribution < -0.4 is 4.72 Å². The van der Waals surface area contributed by atoms with E-state index in [0.29, 0.717) is 5.82 Å². The molecule has 0 fully saturated rings. The first-order chi connectivity index (χ1) is 5.47. The van der Waals surface area contributed by atoms with Crippen LogP contribution in [-0.4, -0.2) is 19.7 Å². The Bertz CT molecular complexity index is 377. The molecule has 0 radical (unpaired) electrons. The second kappa shape index (κ2) is 3.40. The van der Waals surface area contributed by atoms with Crippen molar-refractivity contribution < 1.29 is 8.42 Å². The molecule has 0 aliphatic carbocycles. The van der Waals surface area contributed by atoms with Crippen molar-refractivity contribution in [2.75, 3.05) is 11.0 Å². The summed E-state index contributed by atoms with van der Waals surface area (Å²) in [6, 6.07) is 3.30. The highest BCUT2D eigenvalue weighted by molar-refractivity contribution is 9.10. The van der Waals surface area contributed by atoms with Crippen molar-refractivity contribution in [3.8, 4) is 0 Å². The molecule has 1 heterocycles. The minimum absolute atomic E-state index is 0.312. The average molecular weight is 251 g/mol. The zero-order chi connectivity index (χ0) is 9.19. The maximum Gasteiger partial charge on any atom is 0.230 e. The number of halogens is 1. The number of hydrogen-bond donors (Lipinski definition) is 1. The van der Waals surface area contributed by atoms with Crippen molar-refractivity contribution in [2.45, 2.75) is 0 Å². The van der Waals surface area contributed by atoms with Crippen LogP contribution in [0.1, 0.15) is 0 Å². The van der Waals surface area contributed by atoms with Gasteiger partial charge in [-0.3, -0.25) is 4.72 Å². The molecule has 1 aromatic rings. The van der Waals surface area contributed by atoms with Gasteiger partial charge < -0.3 is 0 Å². The van der Waals surface area contributed by atoms with Crippen LogP contribution in [0.25, 0.3) is 0 Å². The predicted molar refractivity (Wildman–Crippen MR) is 50.4 cm³/mol. The molecule has 1 rings (SSSR count). The Kier molecular flexibility index (Phi) is 2.69. The van der Waals surface area contributed by atoms with E-state index < -0.39 is 10.0 Å². The topological polar surface area (TPSA) is 59.1 Å². The highest BCUT2D eigenvalue weighted by atomic mass is 79.9. The number of aromatic nitrogens is 1. The van der Waals surface area contributed by atoms with Crippen LogP contribution in [0.3, 0.4) is 0 Å². The van der Waals surface area contributed by atoms with Crippen molar-refractivity contribution in [3.63, 3.8) is 0 Å². The van der Waals surface area contributed by atoms with Crippen molar-refractivity contribution in [2.24, 2.45) is 0 Å². The minimum atomic E-state index is -3.23. The maximum atomic E-state index is 10.7. The Hall–Kier alpha value is -0.620. The number of rotatable bonds is 2. The van der Waals surface area contributed by atoms with Crippen LogP contribution in [0.15, 0.2) is 22.8 Å². The standard InChI is InChI=1S/C6H7BrN2O2S/c1-12(10,11)9-6-4-5(7)2-3-8-6/h2-4H,1H3,(H,8,9). The third-order valence-corrected chi connectivity index (χ3v) is 2.09. The zero-order valence-corrected chi connectivity index (χ0v) is 8.68. The molecule has 0 aliphatic rings. The molecule has 0 spiro atoms.